The molecule has 1 aromatic rings. The molecule has 1 unspecified atom stereocenters. The van der Waals surface area contributed by atoms with E-state index in [4.69, 9.17) is 4.74 Å². The van der Waals surface area contributed by atoms with Crippen molar-refractivity contribution in [3.8, 4) is 0 Å². The van der Waals surface area contributed by atoms with Gasteiger partial charge in [0, 0.05) is 25.7 Å². The van der Waals surface area contributed by atoms with Gasteiger partial charge in [-0.1, -0.05) is 24.3 Å². The molecule has 1 heterocycles. The number of nitrogens with zero attached hydrogens (tertiary/aromatic N) is 2. The lowest BCUT2D eigenvalue weighted by molar-refractivity contribution is 0.0193. The molecule has 0 radical (unpaired) electrons. The van der Waals surface area contributed by atoms with Gasteiger partial charge in [-0.25, -0.2) is 9.79 Å². The van der Waals surface area contributed by atoms with Crippen LogP contribution < -0.4 is 10.6 Å². The van der Waals surface area contributed by atoms with Crippen LogP contribution in [0.4, 0.5) is 4.79 Å². The maximum Gasteiger partial charge on any atom is 0.410 e. The fourth-order valence-corrected chi connectivity index (χ4v) is 3.13. The second-order valence-electron chi connectivity index (χ2n) is 8.03. The highest BCUT2D eigenvalue weighted by molar-refractivity contribution is 14.0. The third kappa shape index (κ3) is 8.77. The second-order valence-corrected chi connectivity index (χ2v) is 8.03. The maximum atomic E-state index is 12.4. The van der Waals surface area contributed by atoms with E-state index >= 15 is 0 Å². The van der Waals surface area contributed by atoms with Crippen molar-refractivity contribution in [3.05, 3.63) is 35.4 Å². The molecule has 164 valence electrons. The van der Waals surface area contributed by atoms with Gasteiger partial charge in [-0.15, -0.1) is 24.0 Å². The van der Waals surface area contributed by atoms with E-state index in [0.29, 0.717) is 25.6 Å². The number of amides is 1. The molecule has 0 saturated carbocycles. The molecule has 29 heavy (non-hydrogen) atoms. The van der Waals surface area contributed by atoms with Crippen LogP contribution in [0.5, 0.6) is 0 Å². The number of piperidine rings is 1. The average Bonchev–Trinajstić information content (AvgIpc) is 2.65. The summed E-state index contributed by atoms with van der Waals surface area (Å²) in [4.78, 5) is 18.8. The number of aliphatic hydroxyl groups is 1. The fraction of sp³-hybridized carbons (Fsp3) is 0.619. The summed E-state index contributed by atoms with van der Waals surface area (Å²) in [6, 6.07) is 7.86. The molecule has 0 aromatic heterocycles. The summed E-state index contributed by atoms with van der Waals surface area (Å²) in [5.74, 6) is 0.714. The molecule has 1 amide bonds. The molecular weight excluding hydrogens is 483 g/mol. The normalized spacial score (nSPS) is 17.3. The van der Waals surface area contributed by atoms with E-state index in [1.807, 2.05) is 52.0 Å². The number of likely N-dealkylation sites (tertiary alicyclic amines) is 1. The molecule has 1 fully saturated rings. The van der Waals surface area contributed by atoms with Gasteiger partial charge in [0.1, 0.15) is 5.60 Å². The van der Waals surface area contributed by atoms with E-state index in [1.165, 1.54) is 0 Å². The van der Waals surface area contributed by atoms with E-state index in [-0.39, 0.29) is 42.7 Å². The standard InChI is InChI=1S/C21H34N4O3.HI/c1-5-22-19(23-13-16-9-6-7-10-17(16)15-26)24-18-11-8-12-25(14-18)20(27)28-21(2,3)4;/h6-7,9-10,18,26H,5,8,11-15H2,1-4H3,(H2,22,23,24);1H. The van der Waals surface area contributed by atoms with Gasteiger partial charge in [-0.3, -0.25) is 0 Å². The Hall–Kier alpha value is -1.55. The van der Waals surface area contributed by atoms with Crippen LogP contribution in [0.2, 0.25) is 0 Å². The zero-order chi connectivity index (χ0) is 20.6. The summed E-state index contributed by atoms with van der Waals surface area (Å²) in [5.41, 5.74) is 1.39. The lowest BCUT2D eigenvalue weighted by Gasteiger charge is -2.35. The first-order chi connectivity index (χ1) is 13.3. The molecule has 1 atom stereocenters. The van der Waals surface area contributed by atoms with Crippen molar-refractivity contribution in [2.24, 2.45) is 4.99 Å². The van der Waals surface area contributed by atoms with Crippen molar-refractivity contribution in [3.63, 3.8) is 0 Å². The zero-order valence-corrected chi connectivity index (χ0v) is 20.2. The summed E-state index contributed by atoms with van der Waals surface area (Å²) in [6.45, 7) is 10.2. The SMILES string of the molecule is CCNC(=NCc1ccccc1CO)NC1CCCN(C(=O)OC(C)(C)C)C1.I. The first kappa shape index (κ1) is 25.5. The molecule has 2 rings (SSSR count). The average molecular weight is 518 g/mol. The number of aliphatic hydroxyl groups excluding tert-OH is 1. The summed E-state index contributed by atoms with van der Waals surface area (Å²) >= 11 is 0. The molecule has 0 bridgehead atoms. The Morgan fingerprint density at radius 2 is 2.00 bits per heavy atom. The Morgan fingerprint density at radius 3 is 2.62 bits per heavy atom. The second kappa shape index (κ2) is 12.2. The van der Waals surface area contributed by atoms with Crippen molar-refractivity contribution in [1.82, 2.24) is 15.5 Å². The molecule has 7 nitrogen and oxygen atoms in total. The maximum absolute atomic E-state index is 12.4. The Kier molecular flexibility index (Phi) is 10.7. The van der Waals surface area contributed by atoms with Gasteiger partial charge in [-0.05, 0) is 51.7 Å². The van der Waals surface area contributed by atoms with Crippen molar-refractivity contribution in [2.75, 3.05) is 19.6 Å². The van der Waals surface area contributed by atoms with Crippen molar-refractivity contribution >= 4 is 36.0 Å². The van der Waals surface area contributed by atoms with Crippen LogP contribution in [0.25, 0.3) is 0 Å². The largest absolute Gasteiger partial charge is 0.444 e. The number of ether oxygens (including phenoxy) is 1. The third-order valence-electron chi connectivity index (χ3n) is 4.45. The Morgan fingerprint density at radius 1 is 1.31 bits per heavy atom. The van der Waals surface area contributed by atoms with Gasteiger partial charge in [0.25, 0.3) is 0 Å². The highest BCUT2D eigenvalue weighted by atomic mass is 127. The van der Waals surface area contributed by atoms with E-state index in [2.05, 4.69) is 15.6 Å². The van der Waals surface area contributed by atoms with Gasteiger partial charge in [-0.2, -0.15) is 0 Å². The smallest absolute Gasteiger partial charge is 0.410 e. The van der Waals surface area contributed by atoms with E-state index in [0.717, 1.165) is 30.5 Å². The number of rotatable bonds is 5. The van der Waals surface area contributed by atoms with Crippen LogP contribution in [-0.2, 0) is 17.9 Å². The first-order valence-corrected chi connectivity index (χ1v) is 10.0. The molecule has 8 heteroatoms. The summed E-state index contributed by atoms with van der Waals surface area (Å²) in [7, 11) is 0. The molecule has 0 spiro atoms. The van der Waals surface area contributed by atoms with Crippen molar-refractivity contribution < 1.29 is 14.6 Å². The molecule has 1 saturated heterocycles. The quantitative estimate of drug-likeness (QED) is 0.317. The number of halogens is 1. The van der Waals surface area contributed by atoms with Gasteiger partial charge >= 0.3 is 6.09 Å². The van der Waals surface area contributed by atoms with Crippen LogP contribution in [0.1, 0.15) is 51.7 Å². The lowest BCUT2D eigenvalue weighted by Crippen LogP contribution is -2.53. The molecule has 1 aliphatic rings. The van der Waals surface area contributed by atoms with Gasteiger partial charge < -0.3 is 25.4 Å². The predicted octanol–water partition coefficient (Wildman–Crippen LogP) is 3.25. The number of carbonyl (C=O) groups is 1. The van der Waals surface area contributed by atoms with E-state index in [9.17, 15) is 9.90 Å². The number of hydrogen-bond donors (Lipinski definition) is 3. The molecular formula is C21H35IN4O3. The summed E-state index contributed by atoms with van der Waals surface area (Å²) in [6.07, 6.45) is 1.62. The third-order valence-corrected chi connectivity index (χ3v) is 4.45. The molecule has 1 aromatic carbocycles. The monoisotopic (exact) mass is 518 g/mol. The van der Waals surface area contributed by atoms with Crippen molar-refractivity contribution in [1.29, 1.82) is 0 Å². The number of guanidine groups is 1. The number of carbonyl (C=O) groups excluding carboxylic acids is 1. The lowest BCUT2D eigenvalue weighted by atomic mass is 10.1. The number of hydrogen-bond acceptors (Lipinski definition) is 4. The Bertz CT molecular complexity index is 676. The minimum absolute atomic E-state index is 0. The summed E-state index contributed by atoms with van der Waals surface area (Å²) in [5, 5.41) is 16.2. The van der Waals surface area contributed by atoms with Crippen LogP contribution in [0, 0.1) is 0 Å². The van der Waals surface area contributed by atoms with Crippen LogP contribution in [0.15, 0.2) is 29.3 Å². The van der Waals surface area contributed by atoms with Crippen LogP contribution >= 0.6 is 24.0 Å². The minimum atomic E-state index is -0.492. The molecule has 1 aliphatic heterocycles. The van der Waals surface area contributed by atoms with Crippen molar-refractivity contribution in [2.45, 2.75) is 65.3 Å². The zero-order valence-electron chi connectivity index (χ0n) is 17.9. The molecule has 0 aliphatic carbocycles. The van der Waals surface area contributed by atoms with E-state index in [1.54, 1.807) is 4.90 Å². The van der Waals surface area contributed by atoms with Gasteiger partial charge in [0.15, 0.2) is 5.96 Å². The van der Waals surface area contributed by atoms with Crippen LogP contribution in [0.3, 0.4) is 0 Å². The topological polar surface area (TPSA) is 86.2 Å². The highest BCUT2D eigenvalue weighted by Gasteiger charge is 2.28. The minimum Gasteiger partial charge on any atom is -0.444 e. The number of nitrogens with one attached hydrogen (secondary N) is 2. The first-order valence-electron chi connectivity index (χ1n) is 10.0. The fourth-order valence-electron chi connectivity index (χ4n) is 3.13. The van der Waals surface area contributed by atoms with Crippen LogP contribution in [-0.4, -0.2) is 53.3 Å². The van der Waals surface area contributed by atoms with Gasteiger partial charge in [0.05, 0.1) is 13.2 Å². The Labute approximate surface area is 191 Å². The highest BCUT2D eigenvalue weighted by Crippen LogP contribution is 2.15. The summed E-state index contributed by atoms with van der Waals surface area (Å²) < 4.78 is 5.50. The number of benzene rings is 1. The molecule has 3 N–H and O–H groups in total. The Balaban J connectivity index is 0.00000420. The van der Waals surface area contributed by atoms with E-state index < -0.39 is 5.60 Å². The number of aliphatic imine (C=N–C) groups is 1. The van der Waals surface area contributed by atoms with Gasteiger partial charge in [0.2, 0.25) is 0 Å². The predicted molar refractivity (Wildman–Crippen MR) is 127 cm³/mol.